The summed E-state index contributed by atoms with van der Waals surface area (Å²) in [5.74, 6) is 0.319. The Labute approximate surface area is 171 Å². The number of hydrogen-bond acceptors (Lipinski definition) is 5. The second-order valence-electron chi connectivity index (χ2n) is 7.62. The molecule has 160 valence electrons. The van der Waals surface area contributed by atoms with Crippen molar-refractivity contribution < 1.29 is 26.4 Å². The lowest BCUT2D eigenvalue weighted by molar-refractivity contribution is -0.137. The maximum Gasteiger partial charge on any atom is 0.417 e. The number of aromatic nitrogens is 1. The maximum atomic E-state index is 13.2. The molecule has 1 amide bonds. The molecule has 1 aromatic heterocycles. The van der Waals surface area contributed by atoms with Gasteiger partial charge in [0.2, 0.25) is 10.0 Å². The van der Waals surface area contributed by atoms with E-state index in [2.05, 4.69) is 10.3 Å². The molecular formula is C19H19F3N4O3S. The molecule has 0 spiro atoms. The van der Waals surface area contributed by atoms with Gasteiger partial charge in [-0.2, -0.15) is 13.2 Å². The summed E-state index contributed by atoms with van der Waals surface area (Å²) in [6, 6.07) is 5.97. The zero-order valence-corrected chi connectivity index (χ0v) is 16.5. The van der Waals surface area contributed by atoms with Gasteiger partial charge in [0.1, 0.15) is 5.82 Å². The maximum absolute atomic E-state index is 13.2. The zero-order valence-electron chi connectivity index (χ0n) is 15.7. The summed E-state index contributed by atoms with van der Waals surface area (Å²) in [7, 11) is -4.00. The molecule has 2 fully saturated rings. The molecule has 4 rings (SSSR count). The van der Waals surface area contributed by atoms with Crippen molar-refractivity contribution in [1.82, 2.24) is 4.98 Å². The lowest BCUT2D eigenvalue weighted by Crippen LogP contribution is -2.26. The lowest BCUT2D eigenvalue weighted by Gasteiger charge is -2.27. The SMILES string of the molecule is NS(=O)(=O)c1cccc(NC(=O)c2cc(C(F)(F)F)cnc2N2C[C@H]3CC[C@H]3C2)c1. The van der Waals surface area contributed by atoms with E-state index in [-0.39, 0.29) is 22.0 Å². The summed E-state index contributed by atoms with van der Waals surface area (Å²) in [5, 5.41) is 7.55. The van der Waals surface area contributed by atoms with Gasteiger partial charge in [-0.1, -0.05) is 6.07 Å². The van der Waals surface area contributed by atoms with Crippen LogP contribution in [0.5, 0.6) is 0 Å². The Morgan fingerprint density at radius 3 is 2.40 bits per heavy atom. The summed E-state index contributed by atoms with van der Waals surface area (Å²) in [5.41, 5.74) is -1.15. The molecule has 0 bridgehead atoms. The summed E-state index contributed by atoms with van der Waals surface area (Å²) >= 11 is 0. The van der Waals surface area contributed by atoms with E-state index in [1.165, 1.54) is 18.2 Å². The van der Waals surface area contributed by atoms with Gasteiger partial charge < -0.3 is 10.2 Å². The molecule has 1 saturated heterocycles. The van der Waals surface area contributed by atoms with Gasteiger partial charge in [0.25, 0.3) is 5.91 Å². The molecule has 1 aliphatic heterocycles. The average molecular weight is 440 g/mol. The first kappa shape index (κ1) is 20.6. The van der Waals surface area contributed by atoms with Crippen LogP contribution in [0.3, 0.4) is 0 Å². The summed E-state index contributed by atoms with van der Waals surface area (Å²) < 4.78 is 62.7. The highest BCUT2D eigenvalue weighted by atomic mass is 32.2. The number of benzene rings is 1. The molecular weight excluding hydrogens is 421 g/mol. The molecule has 2 atom stereocenters. The van der Waals surface area contributed by atoms with Gasteiger partial charge in [0.15, 0.2) is 0 Å². The molecule has 1 aliphatic carbocycles. The minimum atomic E-state index is -4.65. The normalized spacial score (nSPS) is 21.1. The third-order valence-corrected chi connectivity index (χ3v) is 6.55. The molecule has 11 heteroatoms. The van der Waals surface area contributed by atoms with Crippen molar-refractivity contribution in [1.29, 1.82) is 0 Å². The van der Waals surface area contributed by atoms with Gasteiger partial charge >= 0.3 is 6.18 Å². The van der Waals surface area contributed by atoms with Crippen molar-refractivity contribution in [3.63, 3.8) is 0 Å². The molecule has 7 nitrogen and oxygen atoms in total. The first-order chi connectivity index (χ1) is 14.0. The van der Waals surface area contributed by atoms with Crippen LogP contribution in [0.4, 0.5) is 24.7 Å². The van der Waals surface area contributed by atoms with Gasteiger partial charge in [-0.05, 0) is 48.9 Å². The standard InChI is InChI=1S/C19H19F3N4O3S/c20-19(21,22)13-6-16(17(24-8-13)26-9-11-4-5-12(11)10-26)18(27)25-14-2-1-3-15(7-14)30(23,28)29/h1-3,6-8,11-12H,4-5,9-10H2,(H,25,27)(H2,23,28,29)/t11-,12+. The number of carbonyl (C=O) groups is 1. The van der Waals surface area contributed by atoms with Crippen LogP contribution in [0.2, 0.25) is 0 Å². The van der Waals surface area contributed by atoms with Crippen molar-refractivity contribution in [2.24, 2.45) is 17.0 Å². The van der Waals surface area contributed by atoms with E-state index in [9.17, 15) is 26.4 Å². The van der Waals surface area contributed by atoms with Gasteiger partial charge in [-0.3, -0.25) is 4.79 Å². The third kappa shape index (κ3) is 3.99. The van der Waals surface area contributed by atoms with E-state index in [4.69, 9.17) is 5.14 Å². The number of nitrogens with zero attached hydrogens (tertiary/aromatic N) is 2. The Hall–Kier alpha value is -2.66. The van der Waals surface area contributed by atoms with Crippen LogP contribution in [0.25, 0.3) is 0 Å². The van der Waals surface area contributed by atoms with Crippen molar-refractivity contribution in [3.05, 3.63) is 47.7 Å². The van der Waals surface area contributed by atoms with Crippen LogP contribution in [-0.4, -0.2) is 32.4 Å². The second-order valence-corrected chi connectivity index (χ2v) is 9.18. The number of carbonyl (C=O) groups excluding carboxylic acids is 1. The monoisotopic (exact) mass is 440 g/mol. The Kier molecular flexibility index (Phi) is 4.97. The van der Waals surface area contributed by atoms with Crippen molar-refractivity contribution in [2.75, 3.05) is 23.3 Å². The minimum Gasteiger partial charge on any atom is -0.355 e. The number of anilines is 2. The molecule has 1 aromatic carbocycles. The van der Waals surface area contributed by atoms with E-state index < -0.39 is 27.7 Å². The molecule has 2 aromatic rings. The number of hydrogen-bond donors (Lipinski definition) is 2. The minimum absolute atomic E-state index is 0.0939. The number of alkyl halides is 3. The van der Waals surface area contributed by atoms with Crippen molar-refractivity contribution in [3.8, 4) is 0 Å². The van der Waals surface area contributed by atoms with Crippen LogP contribution in [0, 0.1) is 11.8 Å². The van der Waals surface area contributed by atoms with Gasteiger partial charge in [-0.25, -0.2) is 18.5 Å². The van der Waals surface area contributed by atoms with Crippen molar-refractivity contribution >= 4 is 27.4 Å². The van der Waals surface area contributed by atoms with Gasteiger partial charge in [0.05, 0.1) is 16.0 Å². The number of nitrogens with two attached hydrogens (primary N) is 1. The van der Waals surface area contributed by atoms with Crippen LogP contribution in [0.15, 0.2) is 41.4 Å². The number of sulfonamides is 1. The number of halogens is 3. The molecule has 1 saturated carbocycles. The van der Waals surface area contributed by atoms with Crippen molar-refractivity contribution in [2.45, 2.75) is 23.9 Å². The molecule has 0 unspecified atom stereocenters. The number of rotatable bonds is 4. The first-order valence-electron chi connectivity index (χ1n) is 9.29. The van der Waals surface area contributed by atoms with Gasteiger partial charge in [-0.15, -0.1) is 0 Å². The number of primary sulfonamides is 1. The smallest absolute Gasteiger partial charge is 0.355 e. The van der Waals surface area contributed by atoms with E-state index in [0.29, 0.717) is 24.9 Å². The molecule has 2 heterocycles. The Morgan fingerprint density at radius 1 is 1.17 bits per heavy atom. The fourth-order valence-electron chi connectivity index (χ4n) is 3.91. The van der Waals surface area contributed by atoms with E-state index in [0.717, 1.165) is 31.2 Å². The summed E-state index contributed by atoms with van der Waals surface area (Å²) in [4.78, 5) is 18.5. The quantitative estimate of drug-likeness (QED) is 0.761. The number of amides is 1. The van der Waals surface area contributed by atoms with E-state index in [1.54, 1.807) is 0 Å². The number of fused-ring (bicyclic) bond motifs is 1. The van der Waals surface area contributed by atoms with Crippen LogP contribution < -0.4 is 15.4 Å². The number of nitrogens with one attached hydrogen (secondary N) is 1. The Balaban J connectivity index is 1.68. The predicted octanol–water partition coefficient (Wildman–Crippen LogP) is 2.85. The highest BCUT2D eigenvalue weighted by Gasteiger charge is 2.41. The van der Waals surface area contributed by atoms with E-state index in [1.807, 2.05) is 4.90 Å². The van der Waals surface area contributed by atoms with Gasteiger partial charge in [0, 0.05) is 25.0 Å². The largest absolute Gasteiger partial charge is 0.417 e. The van der Waals surface area contributed by atoms with Crippen LogP contribution in [0.1, 0.15) is 28.8 Å². The Morgan fingerprint density at radius 2 is 1.83 bits per heavy atom. The van der Waals surface area contributed by atoms with Crippen LogP contribution in [-0.2, 0) is 16.2 Å². The average Bonchev–Trinajstić information content (AvgIpc) is 2.94. The summed E-state index contributed by atoms with van der Waals surface area (Å²) in [6.45, 7) is 1.29. The Bertz CT molecular complexity index is 1090. The fraction of sp³-hybridized carbons (Fsp3) is 0.368. The van der Waals surface area contributed by atoms with Crippen LogP contribution >= 0.6 is 0 Å². The predicted molar refractivity (Wildman–Crippen MR) is 103 cm³/mol. The fourth-order valence-corrected chi connectivity index (χ4v) is 4.47. The number of pyridine rings is 1. The molecule has 2 aliphatic rings. The molecule has 3 N–H and O–H groups in total. The first-order valence-corrected chi connectivity index (χ1v) is 10.8. The highest BCUT2D eigenvalue weighted by Crippen LogP contribution is 2.42. The second kappa shape index (κ2) is 7.24. The lowest BCUT2D eigenvalue weighted by atomic mass is 9.77. The highest BCUT2D eigenvalue weighted by molar-refractivity contribution is 7.89. The topological polar surface area (TPSA) is 105 Å². The summed E-state index contributed by atoms with van der Waals surface area (Å²) in [6.07, 6.45) is -1.81. The molecule has 0 radical (unpaired) electrons. The van der Waals surface area contributed by atoms with E-state index >= 15 is 0 Å². The molecule has 30 heavy (non-hydrogen) atoms. The third-order valence-electron chi connectivity index (χ3n) is 5.64. The zero-order chi connectivity index (χ0) is 21.7.